The van der Waals surface area contributed by atoms with Gasteiger partial charge in [0.05, 0.1) is 30.3 Å². The zero-order valence-corrected chi connectivity index (χ0v) is 13.6. The Hall–Kier alpha value is -2.83. The highest BCUT2D eigenvalue weighted by molar-refractivity contribution is 5.94. The van der Waals surface area contributed by atoms with Gasteiger partial charge < -0.3 is 20.1 Å². The van der Waals surface area contributed by atoms with Crippen LogP contribution in [0.3, 0.4) is 0 Å². The van der Waals surface area contributed by atoms with Crippen molar-refractivity contribution in [2.75, 3.05) is 13.2 Å². The second-order valence-corrected chi connectivity index (χ2v) is 5.26. The molecule has 1 heterocycles. The summed E-state index contributed by atoms with van der Waals surface area (Å²) in [5.74, 6) is -0.996. The topological polar surface area (TPSA) is 93.7 Å². The summed E-state index contributed by atoms with van der Waals surface area (Å²) in [5.41, 5.74) is 1.32. The van der Waals surface area contributed by atoms with Gasteiger partial charge in [0.15, 0.2) is 0 Å². The molecule has 0 saturated carbocycles. The quantitative estimate of drug-likeness (QED) is 0.766. The lowest BCUT2D eigenvalue weighted by Gasteiger charge is -2.26. The van der Waals surface area contributed by atoms with E-state index in [0.717, 1.165) is 5.56 Å². The number of ether oxygens (including phenoxy) is 2. The molecule has 0 fully saturated rings. The Morgan fingerprint density at radius 1 is 1.17 bits per heavy atom. The van der Waals surface area contributed by atoms with Crippen LogP contribution in [0.25, 0.3) is 0 Å². The number of hydrogen-bond donors (Lipinski definition) is 2. The molecule has 7 nitrogen and oxygen atoms in total. The highest BCUT2D eigenvalue weighted by Crippen LogP contribution is 2.15. The zero-order valence-electron chi connectivity index (χ0n) is 13.6. The number of esters is 2. The van der Waals surface area contributed by atoms with E-state index in [1.807, 2.05) is 30.3 Å². The standard InChI is InChI=1S/C17H20N2O5/c1-3-23-16(21)15-11(2)18-17(22)19-13(15)10-24-14(20)9-12-7-5-4-6-8-12/h4-8,11H,3,9-10H2,1-2H3,(H2,18,19,22)/t11-/m1/s1. The predicted octanol–water partition coefficient (Wildman–Crippen LogP) is 1.29. The number of carbonyl (C=O) groups excluding carboxylic acids is 3. The third kappa shape index (κ3) is 4.58. The van der Waals surface area contributed by atoms with E-state index in [0.29, 0.717) is 0 Å². The first-order chi connectivity index (χ1) is 11.5. The molecule has 0 radical (unpaired) electrons. The summed E-state index contributed by atoms with van der Waals surface area (Å²) in [6, 6.07) is 8.18. The van der Waals surface area contributed by atoms with Crippen LogP contribution in [0.2, 0.25) is 0 Å². The molecular weight excluding hydrogens is 312 g/mol. The van der Waals surface area contributed by atoms with Gasteiger partial charge in [-0.25, -0.2) is 9.59 Å². The number of nitrogens with one attached hydrogen (secondary N) is 2. The largest absolute Gasteiger partial charge is 0.463 e. The van der Waals surface area contributed by atoms with Crippen LogP contribution in [0, 0.1) is 0 Å². The van der Waals surface area contributed by atoms with Crippen molar-refractivity contribution < 1.29 is 23.9 Å². The number of rotatable bonds is 6. The van der Waals surface area contributed by atoms with Gasteiger partial charge in [0.1, 0.15) is 6.61 Å². The van der Waals surface area contributed by atoms with Crippen molar-refractivity contribution >= 4 is 18.0 Å². The van der Waals surface area contributed by atoms with Crippen molar-refractivity contribution in [1.29, 1.82) is 0 Å². The van der Waals surface area contributed by atoms with Crippen LogP contribution in [-0.2, 0) is 25.5 Å². The molecule has 0 saturated heterocycles. The molecular formula is C17H20N2O5. The fraction of sp³-hybridized carbons (Fsp3) is 0.353. The highest BCUT2D eigenvalue weighted by Gasteiger charge is 2.30. The van der Waals surface area contributed by atoms with Crippen molar-refractivity contribution in [3.05, 3.63) is 47.2 Å². The molecule has 24 heavy (non-hydrogen) atoms. The first-order valence-electron chi connectivity index (χ1n) is 7.68. The van der Waals surface area contributed by atoms with Crippen LogP contribution in [0.4, 0.5) is 4.79 Å². The average molecular weight is 332 g/mol. The minimum absolute atomic E-state index is 0.116. The first-order valence-corrected chi connectivity index (χ1v) is 7.68. The Labute approximate surface area is 140 Å². The molecule has 0 aliphatic carbocycles. The maximum absolute atomic E-state index is 12.0. The monoisotopic (exact) mass is 332 g/mol. The van der Waals surface area contributed by atoms with E-state index in [1.54, 1.807) is 13.8 Å². The van der Waals surface area contributed by atoms with Crippen molar-refractivity contribution in [1.82, 2.24) is 10.6 Å². The van der Waals surface area contributed by atoms with Crippen molar-refractivity contribution in [3.8, 4) is 0 Å². The van der Waals surface area contributed by atoms with Gasteiger partial charge in [-0.3, -0.25) is 4.79 Å². The van der Waals surface area contributed by atoms with Gasteiger partial charge in [0, 0.05) is 0 Å². The molecule has 7 heteroatoms. The summed E-state index contributed by atoms with van der Waals surface area (Å²) in [6.07, 6.45) is 0.116. The summed E-state index contributed by atoms with van der Waals surface area (Å²) in [5, 5.41) is 5.08. The van der Waals surface area contributed by atoms with Crippen molar-refractivity contribution in [3.63, 3.8) is 0 Å². The lowest BCUT2D eigenvalue weighted by Crippen LogP contribution is -2.50. The van der Waals surface area contributed by atoms with Crippen LogP contribution >= 0.6 is 0 Å². The highest BCUT2D eigenvalue weighted by atomic mass is 16.5. The molecule has 1 aliphatic rings. The lowest BCUT2D eigenvalue weighted by atomic mass is 10.0. The van der Waals surface area contributed by atoms with E-state index in [1.165, 1.54) is 0 Å². The first kappa shape index (κ1) is 17.5. The molecule has 2 N–H and O–H groups in total. The van der Waals surface area contributed by atoms with Crippen molar-refractivity contribution in [2.45, 2.75) is 26.3 Å². The number of benzene rings is 1. The van der Waals surface area contributed by atoms with Crippen LogP contribution < -0.4 is 10.6 Å². The van der Waals surface area contributed by atoms with E-state index in [4.69, 9.17) is 9.47 Å². The lowest BCUT2D eigenvalue weighted by molar-refractivity contribution is -0.143. The predicted molar refractivity (Wildman–Crippen MR) is 85.9 cm³/mol. The second kappa shape index (κ2) is 8.14. The molecule has 0 bridgehead atoms. The van der Waals surface area contributed by atoms with E-state index in [-0.39, 0.29) is 30.9 Å². The molecule has 0 aromatic heterocycles. The second-order valence-electron chi connectivity index (χ2n) is 5.26. The normalized spacial score (nSPS) is 16.9. The van der Waals surface area contributed by atoms with Gasteiger partial charge in [-0.2, -0.15) is 0 Å². The summed E-state index contributed by atoms with van der Waals surface area (Å²) in [7, 11) is 0. The minimum Gasteiger partial charge on any atom is -0.463 e. The molecule has 128 valence electrons. The Bertz CT molecular complexity index is 654. The SMILES string of the molecule is CCOC(=O)C1=C(COC(=O)Cc2ccccc2)NC(=O)N[C@@H]1C. The Morgan fingerprint density at radius 3 is 2.54 bits per heavy atom. The number of carbonyl (C=O) groups is 3. The molecule has 1 aliphatic heterocycles. The third-order valence-electron chi connectivity index (χ3n) is 3.43. The van der Waals surface area contributed by atoms with Gasteiger partial charge in [-0.05, 0) is 19.4 Å². The van der Waals surface area contributed by atoms with E-state index < -0.39 is 24.0 Å². The van der Waals surface area contributed by atoms with Gasteiger partial charge in [0.25, 0.3) is 0 Å². The van der Waals surface area contributed by atoms with Gasteiger partial charge in [-0.1, -0.05) is 30.3 Å². The molecule has 0 unspecified atom stereocenters. The molecule has 0 spiro atoms. The van der Waals surface area contributed by atoms with Gasteiger partial charge in [-0.15, -0.1) is 0 Å². The smallest absolute Gasteiger partial charge is 0.338 e. The number of amides is 2. The van der Waals surface area contributed by atoms with Crippen LogP contribution in [0.5, 0.6) is 0 Å². The number of urea groups is 1. The third-order valence-corrected chi connectivity index (χ3v) is 3.43. The fourth-order valence-electron chi connectivity index (χ4n) is 2.36. The Kier molecular flexibility index (Phi) is 5.95. The molecule has 1 aromatic carbocycles. The number of hydrogen-bond acceptors (Lipinski definition) is 5. The summed E-state index contributed by atoms with van der Waals surface area (Å²) in [4.78, 5) is 35.6. The van der Waals surface area contributed by atoms with Crippen LogP contribution in [-0.4, -0.2) is 37.2 Å². The van der Waals surface area contributed by atoms with Crippen LogP contribution in [0.1, 0.15) is 19.4 Å². The minimum atomic E-state index is -0.549. The average Bonchev–Trinajstić information content (AvgIpc) is 2.53. The van der Waals surface area contributed by atoms with E-state index >= 15 is 0 Å². The molecule has 2 amide bonds. The summed E-state index contributed by atoms with van der Waals surface area (Å²) >= 11 is 0. The molecule has 1 atom stereocenters. The van der Waals surface area contributed by atoms with Crippen molar-refractivity contribution in [2.24, 2.45) is 0 Å². The Morgan fingerprint density at radius 2 is 1.88 bits per heavy atom. The molecule has 2 rings (SSSR count). The van der Waals surface area contributed by atoms with E-state index in [2.05, 4.69) is 10.6 Å². The summed E-state index contributed by atoms with van der Waals surface area (Å²) < 4.78 is 10.2. The van der Waals surface area contributed by atoms with Gasteiger partial charge >= 0.3 is 18.0 Å². The zero-order chi connectivity index (χ0) is 17.5. The van der Waals surface area contributed by atoms with Crippen LogP contribution in [0.15, 0.2) is 41.6 Å². The maximum atomic E-state index is 12.0. The van der Waals surface area contributed by atoms with Gasteiger partial charge in [0.2, 0.25) is 0 Å². The maximum Gasteiger partial charge on any atom is 0.338 e. The Balaban J connectivity index is 2.05. The molecule has 1 aromatic rings. The summed E-state index contributed by atoms with van der Waals surface area (Å²) in [6.45, 7) is 3.37. The van der Waals surface area contributed by atoms with E-state index in [9.17, 15) is 14.4 Å². The fourth-order valence-corrected chi connectivity index (χ4v) is 2.36.